The topological polar surface area (TPSA) is 18.5 Å². The molecular weight excluding hydrogens is 200 g/mol. The molecule has 2 nitrogen and oxygen atoms in total. The van der Waals surface area contributed by atoms with Crippen LogP contribution in [0.3, 0.4) is 0 Å². The molecule has 0 aromatic heterocycles. The van der Waals surface area contributed by atoms with E-state index in [0.29, 0.717) is 0 Å². The van der Waals surface area contributed by atoms with E-state index in [2.05, 4.69) is 32.9 Å². The van der Waals surface area contributed by atoms with E-state index in [-0.39, 0.29) is 17.8 Å². The molecule has 16 heavy (non-hydrogen) atoms. The van der Waals surface area contributed by atoms with Gasteiger partial charge in [-0.25, -0.2) is 0 Å². The van der Waals surface area contributed by atoms with Crippen LogP contribution in [-0.4, -0.2) is 19.0 Å². The Hall–Kier alpha value is -0.860. The molecule has 0 unspecified atom stereocenters. The minimum absolute atomic E-state index is 0.0922. The van der Waals surface area contributed by atoms with Gasteiger partial charge < -0.3 is 9.47 Å². The Balaban J connectivity index is 1.94. The lowest BCUT2D eigenvalue weighted by molar-refractivity contribution is -0.253. The van der Waals surface area contributed by atoms with Gasteiger partial charge in [-0.05, 0) is 12.5 Å². The first-order valence-electron chi connectivity index (χ1n) is 5.89. The van der Waals surface area contributed by atoms with E-state index in [9.17, 15) is 0 Å². The molecule has 2 heteroatoms. The van der Waals surface area contributed by atoms with Crippen LogP contribution in [0.1, 0.15) is 26.3 Å². The zero-order valence-electron chi connectivity index (χ0n) is 10.3. The standard InChI is InChI=1S/C14H20O2/c1-11-14(2,3)10-15-13(16-11)9-12-7-5-4-6-8-12/h4-8,11,13H,9-10H2,1-3H3/t11-,13-/m0/s1. The third-order valence-corrected chi connectivity index (χ3v) is 3.34. The molecular formula is C14H20O2. The van der Waals surface area contributed by atoms with Gasteiger partial charge in [-0.1, -0.05) is 44.2 Å². The van der Waals surface area contributed by atoms with E-state index in [4.69, 9.17) is 9.47 Å². The van der Waals surface area contributed by atoms with Gasteiger partial charge in [0.15, 0.2) is 6.29 Å². The molecule has 2 atom stereocenters. The predicted molar refractivity (Wildman–Crippen MR) is 64.2 cm³/mol. The third kappa shape index (κ3) is 2.63. The van der Waals surface area contributed by atoms with Crippen molar-refractivity contribution in [2.45, 2.75) is 39.6 Å². The lowest BCUT2D eigenvalue weighted by Gasteiger charge is -2.40. The number of hydrogen-bond acceptors (Lipinski definition) is 2. The number of hydrogen-bond donors (Lipinski definition) is 0. The summed E-state index contributed by atoms with van der Waals surface area (Å²) < 4.78 is 11.6. The van der Waals surface area contributed by atoms with Crippen molar-refractivity contribution >= 4 is 0 Å². The van der Waals surface area contributed by atoms with Crippen molar-refractivity contribution in [2.75, 3.05) is 6.61 Å². The third-order valence-electron chi connectivity index (χ3n) is 3.34. The first-order valence-corrected chi connectivity index (χ1v) is 5.89. The van der Waals surface area contributed by atoms with Crippen molar-refractivity contribution in [3.8, 4) is 0 Å². The molecule has 0 N–H and O–H groups in total. The predicted octanol–water partition coefficient (Wildman–Crippen LogP) is 3.02. The molecule has 1 aliphatic heterocycles. The molecule has 1 heterocycles. The summed E-state index contributed by atoms with van der Waals surface area (Å²) in [6.07, 6.45) is 0.988. The maximum absolute atomic E-state index is 5.88. The van der Waals surface area contributed by atoms with Crippen LogP contribution in [0.4, 0.5) is 0 Å². The van der Waals surface area contributed by atoms with Crippen LogP contribution in [0.25, 0.3) is 0 Å². The fraction of sp³-hybridized carbons (Fsp3) is 0.571. The Morgan fingerprint density at radius 2 is 1.94 bits per heavy atom. The second kappa shape index (κ2) is 4.56. The molecule has 0 amide bonds. The van der Waals surface area contributed by atoms with Crippen LogP contribution in [0.2, 0.25) is 0 Å². The van der Waals surface area contributed by atoms with Gasteiger partial charge in [-0.15, -0.1) is 0 Å². The fourth-order valence-electron chi connectivity index (χ4n) is 1.79. The summed E-state index contributed by atoms with van der Waals surface area (Å²) in [7, 11) is 0. The van der Waals surface area contributed by atoms with Gasteiger partial charge in [0, 0.05) is 11.8 Å². The Morgan fingerprint density at radius 3 is 2.56 bits per heavy atom. The van der Waals surface area contributed by atoms with Gasteiger partial charge in [-0.2, -0.15) is 0 Å². The number of ether oxygens (including phenoxy) is 2. The quantitative estimate of drug-likeness (QED) is 0.762. The average molecular weight is 220 g/mol. The number of rotatable bonds is 2. The van der Waals surface area contributed by atoms with Gasteiger partial charge in [0.25, 0.3) is 0 Å². The molecule has 1 saturated heterocycles. The largest absolute Gasteiger partial charge is 0.352 e. The molecule has 1 aromatic carbocycles. The summed E-state index contributed by atoms with van der Waals surface area (Å²) in [5.41, 5.74) is 1.38. The van der Waals surface area contributed by atoms with Gasteiger partial charge in [0.1, 0.15) is 0 Å². The zero-order valence-corrected chi connectivity index (χ0v) is 10.3. The summed E-state index contributed by atoms with van der Waals surface area (Å²) in [4.78, 5) is 0. The molecule has 1 fully saturated rings. The second-order valence-electron chi connectivity index (χ2n) is 5.20. The first-order chi connectivity index (χ1) is 7.58. The Kier molecular flexibility index (Phi) is 3.31. The van der Waals surface area contributed by atoms with E-state index in [0.717, 1.165) is 13.0 Å². The molecule has 0 aliphatic carbocycles. The molecule has 1 aliphatic rings. The van der Waals surface area contributed by atoms with E-state index in [1.165, 1.54) is 5.56 Å². The molecule has 88 valence electrons. The monoisotopic (exact) mass is 220 g/mol. The van der Waals surface area contributed by atoms with Gasteiger partial charge in [0.2, 0.25) is 0 Å². The van der Waals surface area contributed by atoms with E-state index in [1.54, 1.807) is 0 Å². The molecule has 2 rings (SSSR count). The summed E-state index contributed by atoms with van der Waals surface area (Å²) in [6.45, 7) is 7.25. The van der Waals surface area contributed by atoms with Crippen LogP contribution in [0.5, 0.6) is 0 Å². The Labute approximate surface area is 97.6 Å². The summed E-state index contributed by atoms with van der Waals surface area (Å²) in [5, 5.41) is 0. The van der Waals surface area contributed by atoms with Crippen LogP contribution in [0, 0.1) is 5.41 Å². The van der Waals surface area contributed by atoms with Gasteiger partial charge >= 0.3 is 0 Å². The van der Waals surface area contributed by atoms with Gasteiger partial charge in [0.05, 0.1) is 12.7 Å². The van der Waals surface area contributed by atoms with Gasteiger partial charge in [-0.3, -0.25) is 0 Å². The smallest absolute Gasteiger partial charge is 0.161 e. The van der Waals surface area contributed by atoms with Crippen molar-refractivity contribution in [3.63, 3.8) is 0 Å². The SMILES string of the molecule is C[C@@H]1O[C@@H](Cc2ccccc2)OCC1(C)C. The summed E-state index contributed by atoms with van der Waals surface area (Å²) in [5.74, 6) is 0. The van der Waals surface area contributed by atoms with Crippen molar-refractivity contribution < 1.29 is 9.47 Å². The van der Waals surface area contributed by atoms with Crippen molar-refractivity contribution in [1.29, 1.82) is 0 Å². The highest BCUT2D eigenvalue weighted by Gasteiger charge is 2.35. The summed E-state index contributed by atoms with van der Waals surface area (Å²) >= 11 is 0. The highest BCUT2D eigenvalue weighted by molar-refractivity contribution is 5.15. The average Bonchev–Trinajstić information content (AvgIpc) is 2.26. The minimum Gasteiger partial charge on any atom is -0.352 e. The normalized spacial score (nSPS) is 28.9. The van der Waals surface area contributed by atoms with Crippen molar-refractivity contribution in [1.82, 2.24) is 0 Å². The fourth-order valence-corrected chi connectivity index (χ4v) is 1.79. The van der Waals surface area contributed by atoms with Crippen molar-refractivity contribution in [3.05, 3.63) is 35.9 Å². The highest BCUT2D eigenvalue weighted by atomic mass is 16.7. The molecule has 0 radical (unpaired) electrons. The molecule has 1 aromatic rings. The zero-order chi connectivity index (χ0) is 11.6. The lowest BCUT2D eigenvalue weighted by Crippen LogP contribution is -2.44. The van der Waals surface area contributed by atoms with Crippen LogP contribution < -0.4 is 0 Å². The summed E-state index contributed by atoms with van der Waals surface area (Å²) in [6, 6.07) is 10.3. The highest BCUT2D eigenvalue weighted by Crippen LogP contribution is 2.30. The van der Waals surface area contributed by atoms with E-state index >= 15 is 0 Å². The Morgan fingerprint density at radius 1 is 1.25 bits per heavy atom. The van der Waals surface area contributed by atoms with E-state index in [1.807, 2.05) is 18.2 Å². The van der Waals surface area contributed by atoms with E-state index < -0.39 is 0 Å². The molecule has 0 saturated carbocycles. The number of benzene rings is 1. The molecule has 0 bridgehead atoms. The Bertz CT molecular complexity index is 332. The lowest BCUT2D eigenvalue weighted by atomic mass is 9.87. The van der Waals surface area contributed by atoms with Crippen LogP contribution >= 0.6 is 0 Å². The second-order valence-corrected chi connectivity index (χ2v) is 5.20. The minimum atomic E-state index is -0.0922. The maximum Gasteiger partial charge on any atom is 0.161 e. The van der Waals surface area contributed by atoms with Crippen molar-refractivity contribution in [2.24, 2.45) is 5.41 Å². The maximum atomic E-state index is 5.88. The molecule has 0 spiro atoms. The van der Waals surface area contributed by atoms with Crippen LogP contribution in [-0.2, 0) is 15.9 Å². The first kappa shape index (κ1) is 11.6. The van der Waals surface area contributed by atoms with Crippen LogP contribution in [0.15, 0.2) is 30.3 Å².